The minimum Gasteiger partial charge on any atom is -0.349 e. The smallest absolute Gasteiger partial charge is 0.253 e. The fraction of sp³-hybridized carbons (Fsp3) is 0.280. The van der Waals surface area contributed by atoms with Crippen molar-refractivity contribution in [2.45, 2.75) is 25.3 Å². The highest BCUT2D eigenvalue weighted by Gasteiger charge is 2.56. The fourth-order valence-electron chi connectivity index (χ4n) is 4.69. The molecule has 5 rings (SSSR count). The highest BCUT2D eigenvalue weighted by molar-refractivity contribution is 6.07. The maximum Gasteiger partial charge on any atom is 0.253 e. The number of hydrogen-bond acceptors (Lipinski definition) is 2. The largest absolute Gasteiger partial charge is 0.349 e. The summed E-state index contributed by atoms with van der Waals surface area (Å²) >= 11 is 0. The molecule has 1 heterocycles. The van der Waals surface area contributed by atoms with Gasteiger partial charge in [-0.3, -0.25) is 9.59 Å². The molecule has 0 bridgehead atoms. The highest BCUT2D eigenvalue weighted by Crippen LogP contribution is 2.54. The second kappa shape index (κ2) is 7.24. The molecule has 152 valence electrons. The molecule has 1 atom stereocenters. The summed E-state index contributed by atoms with van der Waals surface area (Å²) in [4.78, 5) is 27.4. The molecular formula is C25H23FN2O2. The predicted octanol–water partition coefficient (Wildman–Crippen LogP) is 4.40. The summed E-state index contributed by atoms with van der Waals surface area (Å²) in [6, 6.07) is 19.6. The van der Waals surface area contributed by atoms with Gasteiger partial charge in [-0.05, 0) is 65.8 Å². The SMILES string of the molecule is O=C(NC1CC12CCN(C(=O)c1ccc(F)cc1)CC2)c1cccc2ccccc12. The lowest BCUT2D eigenvalue weighted by Gasteiger charge is -2.33. The number of carbonyl (C=O) groups is 2. The maximum atomic E-state index is 13.1. The number of fused-ring (bicyclic) bond motifs is 1. The Labute approximate surface area is 174 Å². The monoisotopic (exact) mass is 402 g/mol. The zero-order valence-corrected chi connectivity index (χ0v) is 16.6. The van der Waals surface area contributed by atoms with E-state index >= 15 is 0 Å². The Hall–Kier alpha value is -3.21. The van der Waals surface area contributed by atoms with E-state index in [-0.39, 0.29) is 29.1 Å². The summed E-state index contributed by atoms with van der Waals surface area (Å²) in [7, 11) is 0. The van der Waals surface area contributed by atoms with Gasteiger partial charge in [0.1, 0.15) is 5.82 Å². The van der Waals surface area contributed by atoms with Crippen LogP contribution in [0.15, 0.2) is 66.7 Å². The average Bonchev–Trinajstić information content (AvgIpc) is 3.44. The van der Waals surface area contributed by atoms with Crippen LogP contribution in [0.4, 0.5) is 4.39 Å². The summed E-state index contributed by atoms with van der Waals surface area (Å²) in [5.74, 6) is -0.424. The van der Waals surface area contributed by atoms with E-state index in [2.05, 4.69) is 5.32 Å². The third kappa shape index (κ3) is 3.34. The lowest BCUT2D eigenvalue weighted by molar-refractivity contribution is 0.0668. The van der Waals surface area contributed by atoms with Gasteiger partial charge in [-0.15, -0.1) is 0 Å². The van der Waals surface area contributed by atoms with E-state index in [1.807, 2.05) is 47.4 Å². The van der Waals surface area contributed by atoms with Gasteiger partial charge in [0.25, 0.3) is 11.8 Å². The van der Waals surface area contributed by atoms with Gasteiger partial charge in [-0.1, -0.05) is 36.4 Å². The molecule has 1 aliphatic carbocycles. The molecular weight excluding hydrogens is 379 g/mol. The fourth-order valence-corrected chi connectivity index (χ4v) is 4.69. The van der Waals surface area contributed by atoms with E-state index < -0.39 is 0 Å². The van der Waals surface area contributed by atoms with Crippen molar-refractivity contribution >= 4 is 22.6 Å². The van der Waals surface area contributed by atoms with Crippen LogP contribution in [0.5, 0.6) is 0 Å². The first-order valence-electron chi connectivity index (χ1n) is 10.4. The molecule has 2 fully saturated rings. The maximum absolute atomic E-state index is 13.1. The van der Waals surface area contributed by atoms with Gasteiger partial charge in [0.15, 0.2) is 0 Å². The van der Waals surface area contributed by atoms with Gasteiger partial charge in [0.05, 0.1) is 0 Å². The standard InChI is InChI=1S/C25H23FN2O2/c26-19-10-8-18(9-11-19)24(30)28-14-12-25(13-15-28)16-22(25)27-23(29)21-7-3-5-17-4-1-2-6-20(17)21/h1-11,22H,12-16H2,(H,27,29). The first-order chi connectivity index (χ1) is 14.6. The van der Waals surface area contributed by atoms with Crippen molar-refractivity contribution in [1.29, 1.82) is 0 Å². The van der Waals surface area contributed by atoms with Crippen LogP contribution in [0.1, 0.15) is 40.0 Å². The van der Waals surface area contributed by atoms with Gasteiger partial charge < -0.3 is 10.2 Å². The zero-order chi connectivity index (χ0) is 20.7. The number of hydrogen-bond donors (Lipinski definition) is 1. The van der Waals surface area contributed by atoms with Crippen molar-refractivity contribution < 1.29 is 14.0 Å². The van der Waals surface area contributed by atoms with Crippen molar-refractivity contribution in [3.05, 3.63) is 83.7 Å². The van der Waals surface area contributed by atoms with E-state index in [4.69, 9.17) is 0 Å². The van der Waals surface area contributed by atoms with Crippen LogP contribution in [0.25, 0.3) is 10.8 Å². The molecule has 2 aliphatic rings. The number of benzene rings is 3. The predicted molar refractivity (Wildman–Crippen MR) is 114 cm³/mol. The van der Waals surface area contributed by atoms with Gasteiger partial charge in [-0.2, -0.15) is 0 Å². The number of halogens is 1. The molecule has 30 heavy (non-hydrogen) atoms. The molecule has 4 nitrogen and oxygen atoms in total. The summed E-state index contributed by atoms with van der Waals surface area (Å²) < 4.78 is 13.1. The average molecular weight is 402 g/mol. The molecule has 1 saturated heterocycles. The van der Waals surface area contributed by atoms with Gasteiger partial charge >= 0.3 is 0 Å². The number of nitrogens with zero attached hydrogens (tertiary/aromatic N) is 1. The first kappa shape index (κ1) is 18.8. The second-order valence-electron chi connectivity index (χ2n) is 8.42. The van der Waals surface area contributed by atoms with Crippen LogP contribution in [0.3, 0.4) is 0 Å². The molecule has 1 spiro atoms. The molecule has 5 heteroatoms. The molecule has 1 saturated carbocycles. The number of likely N-dealkylation sites (tertiary alicyclic amines) is 1. The Kier molecular flexibility index (Phi) is 4.54. The number of amides is 2. The van der Waals surface area contributed by atoms with E-state index in [0.29, 0.717) is 24.2 Å². The van der Waals surface area contributed by atoms with Crippen molar-refractivity contribution in [2.24, 2.45) is 5.41 Å². The molecule has 1 unspecified atom stereocenters. The normalized spacial score (nSPS) is 19.6. The Balaban J connectivity index is 1.22. The van der Waals surface area contributed by atoms with Gasteiger partial charge in [0.2, 0.25) is 0 Å². The summed E-state index contributed by atoms with van der Waals surface area (Å²) in [5.41, 5.74) is 1.32. The van der Waals surface area contributed by atoms with Crippen LogP contribution in [-0.4, -0.2) is 35.8 Å². The first-order valence-corrected chi connectivity index (χ1v) is 10.4. The number of rotatable bonds is 3. The van der Waals surface area contributed by atoms with E-state index in [0.717, 1.165) is 30.0 Å². The number of nitrogens with one attached hydrogen (secondary N) is 1. The zero-order valence-electron chi connectivity index (χ0n) is 16.6. The summed E-state index contributed by atoms with van der Waals surface area (Å²) in [5, 5.41) is 5.24. The van der Waals surface area contributed by atoms with E-state index in [1.54, 1.807) is 0 Å². The van der Waals surface area contributed by atoms with E-state index in [9.17, 15) is 14.0 Å². The third-order valence-electron chi connectivity index (χ3n) is 6.67. The third-order valence-corrected chi connectivity index (χ3v) is 6.67. The molecule has 3 aromatic carbocycles. The second-order valence-corrected chi connectivity index (χ2v) is 8.42. The molecule has 1 aliphatic heterocycles. The summed E-state index contributed by atoms with van der Waals surface area (Å²) in [6.07, 6.45) is 2.71. The molecule has 0 radical (unpaired) electrons. The van der Waals surface area contributed by atoms with Crippen LogP contribution >= 0.6 is 0 Å². The number of piperidine rings is 1. The lowest BCUT2D eigenvalue weighted by atomic mass is 9.92. The van der Waals surface area contributed by atoms with Crippen molar-refractivity contribution in [1.82, 2.24) is 10.2 Å². The number of carbonyl (C=O) groups excluding carboxylic acids is 2. The van der Waals surface area contributed by atoms with Crippen LogP contribution in [0.2, 0.25) is 0 Å². The Morgan fingerprint density at radius 1 is 0.933 bits per heavy atom. The molecule has 1 N–H and O–H groups in total. The van der Waals surface area contributed by atoms with Crippen molar-refractivity contribution in [3.63, 3.8) is 0 Å². The van der Waals surface area contributed by atoms with Crippen molar-refractivity contribution in [3.8, 4) is 0 Å². The Morgan fingerprint density at radius 2 is 1.63 bits per heavy atom. The molecule has 0 aromatic heterocycles. The minimum atomic E-state index is -0.341. The topological polar surface area (TPSA) is 49.4 Å². The highest BCUT2D eigenvalue weighted by atomic mass is 19.1. The van der Waals surface area contributed by atoms with Crippen LogP contribution in [0, 0.1) is 11.2 Å². The van der Waals surface area contributed by atoms with Gasteiger partial charge in [0, 0.05) is 30.3 Å². The Morgan fingerprint density at radius 3 is 2.40 bits per heavy atom. The Bertz CT molecular complexity index is 1110. The molecule has 2 amide bonds. The minimum absolute atomic E-state index is 0.0292. The quantitative estimate of drug-likeness (QED) is 0.706. The van der Waals surface area contributed by atoms with Crippen LogP contribution < -0.4 is 5.32 Å². The summed E-state index contributed by atoms with van der Waals surface area (Å²) in [6.45, 7) is 1.33. The van der Waals surface area contributed by atoms with Crippen molar-refractivity contribution in [2.75, 3.05) is 13.1 Å². The lowest BCUT2D eigenvalue weighted by Crippen LogP contribution is -2.41. The van der Waals surface area contributed by atoms with Crippen LogP contribution in [-0.2, 0) is 0 Å². The molecule has 3 aromatic rings. The van der Waals surface area contributed by atoms with Gasteiger partial charge in [-0.25, -0.2) is 4.39 Å². The van der Waals surface area contributed by atoms with E-state index in [1.165, 1.54) is 24.3 Å².